The zero-order chi connectivity index (χ0) is 20.2. The molecule has 2 rings (SSSR count). The molecule has 6 heteroatoms. The highest BCUT2D eigenvalue weighted by Crippen LogP contribution is 2.24. The molecule has 1 aliphatic heterocycles. The highest BCUT2D eigenvalue weighted by atomic mass is 32.2. The number of hydrogen-bond acceptors (Lipinski definition) is 3. The molecule has 1 amide bonds. The fourth-order valence-electron chi connectivity index (χ4n) is 2.88. The summed E-state index contributed by atoms with van der Waals surface area (Å²) in [5, 5.41) is 0. The van der Waals surface area contributed by atoms with Crippen molar-refractivity contribution in [2.45, 2.75) is 77.2 Å². The van der Waals surface area contributed by atoms with Gasteiger partial charge in [-0.1, -0.05) is 30.3 Å². The van der Waals surface area contributed by atoms with E-state index >= 15 is 0 Å². The van der Waals surface area contributed by atoms with Crippen LogP contribution >= 0.6 is 0 Å². The molecule has 0 radical (unpaired) electrons. The highest BCUT2D eigenvalue weighted by Gasteiger charge is 2.33. The number of rotatable bonds is 3. The number of carbonyl (C=O) groups excluding carboxylic acids is 1. The van der Waals surface area contributed by atoms with Gasteiger partial charge in [-0.2, -0.15) is 4.40 Å². The van der Waals surface area contributed by atoms with E-state index in [-0.39, 0.29) is 16.9 Å². The van der Waals surface area contributed by atoms with Crippen molar-refractivity contribution in [2.75, 3.05) is 6.54 Å². The van der Waals surface area contributed by atoms with E-state index in [0.717, 1.165) is 17.7 Å². The summed E-state index contributed by atoms with van der Waals surface area (Å²) < 4.78 is 22.1. The number of hydrogen-bond donors (Lipinski definition) is 0. The molecule has 2 unspecified atom stereocenters. The monoisotopic (exact) mass is 392 g/mol. The maximum Gasteiger partial charge on any atom is 0.410 e. The molecule has 5 nitrogen and oxygen atoms in total. The van der Waals surface area contributed by atoms with Crippen LogP contribution in [0.2, 0.25) is 0 Å². The maximum absolute atomic E-state index is 12.7. The normalized spacial score (nSPS) is 21.2. The quantitative estimate of drug-likeness (QED) is 0.759. The van der Waals surface area contributed by atoms with Crippen LogP contribution in [0.25, 0.3) is 0 Å². The summed E-state index contributed by atoms with van der Waals surface area (Å²) in [5.41, 5.74) is 1.55. The Bertz CT molecular complexity index is 702. The molecule has 1 aromatic carbocycles. The third-order valence-electron chi connectivity index (χ3n) is 4.23. The third kappa shape index (κ3) is 6.76. The molecule has 1 saturated heterocycles. The summed E-state index contributed by atoms with van der Waals surface area (Å²) in [6.45, 7) is 11.9. The average molecular weight is 393 g/mol. The summed E-state index contributed by atoms with van der Waals surface area (Å²) in [6.07, 6.45) is 1.68. The molecule has 0 bridgehead atoms. The van der Waals surface area contributed by atoms with Crippen molar-refractivity contribution in [3.63, 3.8) is 0 Å². The zero-order valence-electron chi connectivity index (χ0n) is 17.3. The lowest BCUT2D eigenvalue weighted by molar-refractivity contribution is 0.0155. The lowest BCUT2D eigenvalue weighted by Crippen LogP contribution is -2.49. The van der Waals surface area contributed by atoms with E-state index in [0.29, 0.717) is 19.4 Å². The molecule has 1 aliphatic rings. The highest BCUT2D eigenvalue weighted by molar-refractivity contribution is 7.85. The van der Waals surface area contributed by atoms with E-state index in [9.17, 15) is 9.00 Å². The minimum absolute atomic E-state index is 0.0493. The van der Waals surface area contributed by atoms with Gasteiger partial charge >= 0.3 is 6.09 Å². The molecule has 0 saturated carbocycles. The molecule has 2 atom stereocenters. The van der Waals surface area contributed by atoms with E-state index < -0.39 is 16.6 Å². The van der Waals surface area contributed by atoms with Gasteiger partial charge in [0.05, 0.1) is 4.75 Å². The summed E-state index contributed by atoms with van der Waals surface area (Å²) in [6, 6.07) is 10.1. The number of piperidine rings is 1. The van der Waals surface area contributed by atoms with Gasteiger partial charge in [0.15, 0.2) is 0 Å². The van der Waals surface area contributed by atoms with Gasteiger partial charge in [-0.05, 0) is 53.5 Å². The Morgan fingerprint density at radius 2 is 1.81 bits per heavy atom. The molecule has 0 spiro atoms. The fourth-order valence-corrected chi connectivity index (χ4v) is 3.56. The molecule has 1 fully saturated rings. The van der Waals surface area contributed by atoms with Crippen LogP contribution in [-0.4, -0.2) is 43.8 Å². The van der Waals surface area contributed by atoms with Crippen LogP contribution in [0, 0.1) is 0 Å². The van der Waals surface area contributed by atoms with Crippen LogP contribution in [0.1, 0.15) is 59.9 Å². The molecule has 0 aromatic heterocycles. The zero-order valence-corrected chi connectivity index (χ0v) is 18.1. The Morgan fingerprint density at radius 3 is 2.37 bits per heavy atom. The lowest BCUT2D eigenvalue weighted by atomic mass is 9.94. The summed E-state index contributed by atoms with van der Waals surface area (Å²) in [5.74, 6) is 0. The summed E-state index contributed by atoms with van der Waals surface area (Å²) in [4.78, 5) is 14.5. The molecule has 27 heavy (non-hydrogen) atoms. The maximum atomic E-state index is 12.7. The van der Waals surface area contributed by atoms with Crippen LogP contribution in [0.3, 0.4) is 0 Å². The second kappa shape index (κ2) is 8.55. The lowest BCUT2D eigenvalue weighted by Gasteiger charge is -2.37. The second-order valence-electron chi connectivity index (χ2n) is 8.99. The van der Waals surface area contributed by atoms with E-state index in [4.69, 9.17) is 4.74 Å². The minimum atomic E-state index is -1.28. The van der Waals surface area contributed by atoms with Crippen LogP contribution in [0.15, 0.2) is 34.7 Å². The van der Waals surface area contributed by atoms with Crippen molar-refractivity contribution < 1.29 is 13.7 Å². The number of amides is 1. The van der Waals surface area contributed by atoms with Crippen molar-refractivity contribution in [3.8, 4) is 0 Å². The number of benzene rings is 1. The van der Waals surface area contributed by atoms with Crippen LogP contribution in [0.5, 0.6) is 0 Å². The molecular formula is C21H32N2O3S. The first-order chi connectivity index (χ1) is 12.5. The predicted molar refractivity (Wildman–Crippen MR) is 111 cm³/mol. The predicted octanol–water partition coefficient (Wildman–Crippen LogP) is 4.53. The van der Waals surface area contributed by atoms with Crippen LogP contribution in [-0.2, 0) is 22.1 Å². The largest absolute Gasteiger partial charge is 0.444 e. The SMILES string of the molecule is CC(C)(C)OC(=O)N1CC/C(=N\S(=O)C(C)(C)C)CC1Cc1ccccc1. The van der Waals surface area contributed by atoms with Gasteiger partial charge < -0.3 is 9.64 Å². The third-order valence-corrected chi connectivity index (χ3v) is 5.70. The number of nitrogens with zero attached hydrogens (tertiary/aromatic N) is 2. The van der Waals surface area contributed by atoms with Crippen LogP contribution in [0.4, 0.5) is 4.79 Å². The Kier molecular flexibility index (Phi) is 6.84. The number of ether oxygens (including phenoxy) is 1. The fraction of sp³-hybridized carbons (Fsp3) is 0.619. The van der Waals surface area contributed by atoms with Gasteiger partial charge in [0.1, 0.15) is 16.6 Å². The van der Waals surface area contributed by atoms with Crippen molar-refractivity contribution in [3.05, 3.63) is 35.9 Å². The molecule has 1 heterocycles. The first kappa shape index (κ1) is 21.6. The van der Waals surface area contributed by atoms with Crippen molar-refractivity contribution in [1.29, 1.82) is 0 Å². The van der Waals surface area contributed by atoms with Gasteiger partial charge in [-0.15, -0.1) is 0 Å². The average Bonchev–Trinajstić information content (AvgIpc) is 2.53. The van der Waals surface area contributed by atoms with E-state index in [2.05, 4.69) is 16.5 Å². The second-order valence-corrected chi connectivity index (χ2v) is 10.9. The first-order valence-electron chi connectivity index (χ1n) is 9.48. The Morgan fingerprint density at radius 1 is 1.19 bits per heavy atom. The molecular weight excluding hydrogens is 360 g/mol. The van der Waals surface area contributed by atoms with Crippen molar-refractivity contribution in [2.24, 2.45) is 4.40 Å². The van der Waals surface area contributed by atoms with Gasteiger partial charge in [0, 0.05) is 31.1 Å². The van der Waals surface area contributed by atoms with Crippen LogP contribution < -0.4 is 0 Å². The number of carbonyl (C=O) groups is 1. The minimum Gasteiger partial charge on any atom is -0.444 e. The van der Waals surface area contributed by atoms with Crippen molar-refractivity contribution >= 4 is 22.8 Å². The molecule has 0 aliphatic carbocycles. The molecule has 1 aromatic rings. The number of likely N-dealkylation sites (tertiary alicyclic amines) is 1. The van der Waals surface area contributed by atoms with Gasteiger partial charge in [-0.3, -0.25) is 0 Å². The van der Waals surface area contributed by atoms with Crippen molar-refractivity contribution in [1.82, 2.24) is 4.90 Å². The van der Waals surface area contributed by atoms with E-state index in [1.54, 1.807) is 4.90 Å². The smallest absolute Gasteiger partial charge is 0.410 e. The molecule has 0 N–H and O–H groups in total. The van der Waals surface area contributed by atoms with Gasteiger partial charge in [0.2, 0.25) is 0 Å². The van der Waals surface area contributed by atoms with Gasteiger partial charge in [0.25, 0.3) is 0 Å². The Balaban J connectivity index is 2.21. The summed E-state index contributed by atoms with van der Waals surface area (Å²) in [7, 11) is -1.28. The topological polar surface area (TPSA) is 59.0 Å². The van der Waals surface area contributed by atoms with E-state index in [1.165, 1.54) is 0 Å². The standard InChI is InChI=1S/C21H32N2O3S/c1-20(2,3)26-19(24)23-13-12-17(22-27(25)21(4,5)6)15-18(23)14-16-10-8-7-9-11-16/h7-11,18H,12-15H2,1-6H3/b22-17+. The van der Waals surface area contributed by atoms with E-state index in [1.807, 2.05) is 59.7 Å². The summed E-state index contributed by atoms with van der Waals surface area (Å²) >= 11 is 0. The molecule has 150 valence electrons. The Labute approximate surface area is 165 Å². The van der Waals surface area contributed by atoms with Gasteiger partial charge in [-0.25, -0.2) is 9.00 Å². The Hall–Kier alpha value is -1.69. The first-order valence-corrected chi connectivity index (χ1v) is 10.6.